The average molecular weight is 577 g/mol. The Balaban J connectivity index is 1.52. The minimum Gasteiger partial charge on any atom is -0.371 e. The third-order valence-corrected chi connectivity index (χ3v) is 8.55. The molecule has 0 radical (unpaired) electrons. The first-order chi connectivity index (χ1) is 17.6. The van der Waals surface area contributed by atoms with E-state index in [9.17, 15) is 14.7 Å². The second-order valence-corrected chi connectivity index (χ2v) is 11.5. The molecular weight excluding hydrogens is 556 g/mol. The van der Waals surface area contributed by atoms with E-state index in [1.807, 2.05) is 31.2 Å². The molecule has 0 aromatic heterocycles. The highest BCUT2D eigenvalue weighted by atomic mass is 35.5. The van der Waals surface area contributed by atoms with Crippen LogP contribution in [0, 0.1) is 18.8 Å². The first-order valence-electron chi connectivity index (χ1n) is 11.7. The molecule has 0 bridgehead atoms. The summed E-state index contributed by atoms with van der Waals surface area (Å²) in [7, 11) is 0. The summed E-state index contributed by atoms with van der Waals surface area (Å²) in [6.45, 7) is 2.00. The molecule has 3 aromatic carbocycles. The number of nitrogens with zero attached hydrogens (tertiary/aromatic N) is 1. The number of hydrogen-bond acceptors (Lipinski definition) is 5. The Morgan fingerprint density at radius 2 is 1.57 bits per heavy atom. The number of aryl methyl sites for hydroxylation is 1. The summed E-state index contributed by atoms with van der Waals surface area (Å²) in [5.41, 5.74) is 2.08. The normalized spacial score (nSPS) is 28.1. The SMILES string of the molecule is Cc1ccc(CC2NC3(c4cc(Cl)cc(Cl)c4NC3O)C3C(=O)N(c4cc(Cl)cc(Cl)c4)C(=O)C23)cc1. The zero-order valence-corrected chi connectivity index (χ0v) is 22.5. The lowest BCUT2D eigenvalue weighted by Gasteiger charge is -2.34. The maximum absolute atomic E-state index is 14.1. The van der Waals surface area contributed by atoms with Crippen molar-refractivity contribution in [2.24, 2.45) is 11.8 Å². The van der Waals surface area contributed by atoms with Crippen molar-refractivity contribution in [2.45, 2.75) is 31.2 Å². The maximum Gasteiger partial charge on any atom is 0.240 e. The van der Waals surface area contributed by atoms with Gasteiger partial charge in [0.15, 0.2) is 0 Å². The predicted octanol–water partition coefficient (Wildman–Crippen LogP) is 5.57. The summed E-state index contributed by atoms with van der Waals surface area (Å²) in [6.07, 6.45) is -0.781. The largest absolute Gasteiger partial charge is 0.371 e. The number of imide groups is 1. The van der Waals surface area contributed by atoms with E-state index < -0.39 is 35.6 Å². The Morgan fingerprint density at radius 1 is 0.919 bits per heavy atom. The quantitative estimate of drug-likeness (QED) is 0.355. The van der Waals surface area contributed by atoms with Crippen LogP contribution < -0.4 is 15.5 Å². The van der Waals surface area contributed by atoms with E-state index in [-0.39, 0.29) is 11.6 Å². The molecule has 5 unspecified atom stereocenters. The van der Waals surface area contributed by atoms with E-state index in [0.717, 1.165) is 16.0 Å². The summed E-state index contributed by atoms with van der Waals surface area (Å²) in [5, 5.41) is 19.2. The third-order valence-electron chi connectivity index (χ3n) is 7.59. The fourth-order valence-electron chi connectivity index (χ4n) is 6.08. The highest BCUT2D eigenvalue weighted by Gasteiger charge is 2.70. The van der Waals surface area contributed by atoms with Crippen LogP contribution in [-0.4, -0.2) is 29.2 Å². The number of aliphatic hydroxyl groups excluding tert-OH is 1. The van der Waals surface area contributed by atoms with Gasteiger partial charge in [-0.05, 0) is 49.2 Å². The fraction of sp³-hybridized carbons (Fsp3) is 0.259. The number of aliphatic hydroxyl groups is 1. The van der Waals surface area contributed by atoms with Crippen molar-refractivity contribution in [2.75, 3.05) is 10.2 Å². The van der Waals surface area contributed by atoms with Crippen molar-refractivity contribution in [1.82, 2.24) is 5.32 Å². The van der Waals surface area contributed by atoms with Crippen LogP contribution in [-0.2, 0) is 21.5 Å². The van der Waals surface area contributed by atoms with Gasteiger partial charge in [-0.1, -0.05) is 76.2 Å². The number of carbonyl (C=O) groups is 2. The number of carbonyl (C=O) groups excluding carboxylic acids is 2. The smallest absolute Gasteiger partial charge is 0.240 e. The summed E-state index contributed by atoms with van der Waals surface area (Å²) in [4.78, 5) is 29.2. The lowest BCUT2D eigenvalue weighted by Crippen LogP contribution is -2.55. The van der Waals surface area contributed by atoms with Crippen molar-refractivity contribution >= 4 is 69.6 Å². The Labute approximate surface area is 233 Å². The van der Waals surface area contributed by atoms with Gasteiger partial charge >= 0.3 is 0 Å². The van der Waals surface area contributed by atoms with Crippen LogP contribution in [0.5, 0.6) is 0 Å². The van der Waals surface area contributed by atoms with Crippen molar-refractivity contribution in [3.8, 4) is 0 Å². The Morgan fingerprint density at radius 3 is 2.24 bits per heavy atom. The Hall–Kier alpha value is -2.32. The highest BCUT2D eigenvalue weighted by Crippen LogP contribution is 2.57. The highest BCUT2D eigenvalue weighted by molar-refractivity contribution is 6.37. The zero-order chi connectivity index (χ0) is 26.2. The second-order valence-electron chi connectivity index (χ2n) is 9.81. The van der Waals surface area contributed by atoms with Crippen LogP contribution >= 0.6 is 46.4 Å². The Bertz CT molecular complexity index is 1440. The molecule has 3 aliphatic heterocycles. The molecule has 10 heteroatoms. The van der Waals surface area contributed by atoms with Crippen molar-refractivity contribution in [3.05, 3.63) is 91.4 Å². The molecular formula is C27H21Cl4N3O3. The molecule has 6 nitrogen and oxygen atoms in total. The molecule has 190 valence electrons. The molecule has 1 spiro atoms. The molecule has 2 fully saturated rings. The number of hydrogen-bond donors (Lipinski definition) is 3. The molecule has 3 aliphatic rings. The molecule has 5 atom stereocenters. The molecule has 37 heavy (non-hydrogen) atoms. The predicted molar refractivity (Wildman–Crippen MR) is 146 cm³/mol. The summed E-state index contributed by atoms with van der Waals surface area (Å²) >= 11 is 25.3. The lowest BCUT2D eigenvalue weighted by atomic mass is 9.75. The molecule has 0 aliphatic carbocycles. The van der Waals surface area contributed by atoms with Crippen molar-refractivity contribution < 1.29 is 14.7 Å². The van der Waals surface area contributed by atoms with E-state index in [4.69, 9.17) is 46.4 Å². The second kappa shape index (κ2) is 8.87. The van der Waals surface area contributed by atoms with Gasteiger partial charge in [0.2, 0.25) is 11.8 Å². The fourth-order valence-corrected chi connectivity index (χ4v) is 7.14. The van der Waals surface area contributed by atoms with Gasteiger partial charge in [-0.25, -0.2) is 4.90 Å². The topological polar surface area (TPSA) is 81.7 Å². The van der Waals surface area contributed by atoms with Crippen molar-refractivity contribution in [1.29, 1.82) is 0 Å². The lowest BCUT2D eigenvalue weighted by molar-refractivity contribution is -0.124. The van der Waals surface area contributed by atoms with Gasteiger partial charge < -0.3 is 10.4 Å². The average Bonchev–Trinajstić information content (AvgIpc) is 3.40. The minimum atomic E-state index is -1.34. The number of fused-ring (bicyclic) bond motifs is 4. The number of amides is 2. The molecule has 6 rings (SSSR count). The Kier molecular flexibility index (Phi) is 5.99. The molecule has 2 saturated heterocycles. The van der Waals surface area contributed by atoms with Crippen molar-refractivity contribution in [3.63, 3.8) is 0 Å². The van der Waals surface area contributed by atoms with E-state index in [1.165, 1.54) is 18.2 Å². The van der Waals surface area contributed by atoms with E-state index in [2.05, 4.69) is 10.6 Å². The van der Waals surface area contributed by atoms with Crippen LogP contribution in [0.25, 0.3) is 0 Å². The summed E-state index contributed by atoms with van der Waals surface area (Å²) in [6, 6.07) is 15.4. The summed E-state index contributed by atoms with van der Waals surface area (Å²) in [5.74, 6) is -2.56. The van der Waals surface area contributed by atoms with E-state index in [0.29, 0.717) is 37.8 Å². The molecule has 3 heterocycles. The molecule has 2 amide bonds. The van der Waals surface area contributed by atoms with Crippen LogP contribution in [0.3, 0.4) is 0 Å². The van der Waals surface area contributed by atoms with Crippen LogP contribution in [0.2, 0.25) is 20.1 Å². The number of halogens is 4. The zero-order valence-electron chi connectivity index (χ0n) is 19.4. The number of anilines is 2. The summed E-state index contributed by atoms with van der Waals surface area (Å²) < 4.78 is 0. The van der Waals surface area contributed by atoms with Gasteiger partial charge in [0.25, 0.3) is 0 Å². The van der Waals surface area contributed by atoms with Gasteiger partial charge in [0.05, 0.1) is 28.2 Å². The molecule has 3 N–H and O–H groups in total. The van der Waals surface area contributed by atoms with Gasteiger partial charge in [0.1, 0.15) is 11.8 Å². The van der Waals surface area contributed by atoms with Gasteiger partial charge in [0, 0.05) is 26.7 Å². The van der Waals surface area contributed by atoms with Gasteiger partial charge in [-0.2, -0.15) is 0 Å². The van der Waals surface area contributed by atoms with Gasteiger partial charge in [-0.15, -0.1) is 0 Å². The monoisotopic (exact) mass is 575 g/mol. The first kappa shape index (κ1) is 25.0. The number of nitrogens with one attached hydrogen (secondary N) is 2. The number of rotatable bonds is 3. The van der Waals surface area contributed by atoms with E-state index >= 15 is 0 Å². The minimum absolute atomic E-state index is 0.288. The standard InChI is InChI=1S/C27H21Cl4N3O3/c1-12-2-4-13(5-3-12)6-20-21-22(25(36)34(24(21)35)17-8-14(28)7-15(29)9-17)27(33-20)18-10-16(30)11-19(31)23(18)32-26(27)37/h2-5,7-11,20-22,26,32-33,37H,6H2,1H3. The third kappa shape index (κ3) is 3.77. The van der Waals surface area contributed by atoms with Crippen LogP contribution in [0.4, 0.5) is 11.4 Å². The maximum atomic E-state index is 14.1. The van der Waals surface area contributed by atoms with Gasteiger partial charge in [-0.3, -0.25) is 14.9 Å². The van der Waals surface area contributed by atoms with E-state index in [1.54, 1.807) is 12.1 Å². The molecule has 0 saturated carbocycles. The molecule has 3 aromatic rings. The number of benzene rings is 3. The first-order valence-corrected chi connectivity index (χ1v) is 13.2. The van der Waals surface area contributed by atoms with Crippen LogP contribution in [0.15, 0.2) is 54.6 Å². The van der Waals surface area contributed by atoms with Crippen LogP contribution in [0.1, 0.15) is 16.7 Å².